The number of rotatable bonds is 3. The Hall–Kier alpha value is -1.05. The molecule has 1 aromatic rings. The Kier molecular flexibility index (Phi) is 3.98. The van der Waals surface area contributed by atoms with Gasteiger partial charge in [0.05, 0.1) is 24.2 Å². The van der Waals surface area contributed by atoms with Crippen LogP contribution < -0.4 is 0 Å². The Labute approximate surface area is 125 Å². The van der Waals surface area contributed by atoms with Gasteiger partial charge in [-0.05, 0) is 31.6 Å². The van der Waals surface area contributed by atoms with Crippen LogP contribution in [0.2, 0.25) is 0 Å². The first-order valence-electron chi connectivity index (χ1n) is 7.31. The first-order chi connectivity index (χ1) is 9.97. The third kappa shape index (κ3) is 3.41. The summed E-state index contributed by atoms with van der Waals surface area (Å²) >= 11 is 0. The highest BCUT2D eigenvalue weighted by molar-refractivity contribution is 7.88. The maximum Gasteiger partial charge on any atom is 0.211 e. The summed E-state index contributed by atoms with van der Waals surface area (Å²) < 4.78 is 30.7. The van der Waals surface area contributed by atoms with Crippen molar-refractivity contribution in [1.29, 1.82) is 0 Å². The van der Waals surface area contributed by atoms with Crippen molar-refractivity contribution in [1.82, 2.24) is 14.3 Å². The van der Waals surface area contributed by atoms with E-state index in [0.717, 1.165) is 38.0 Å². The molecule has 0 aromatic carbocycles. The molecule has 2 aliphatic rings. The molecule has 2 saturated heterocycles. The molecule has 2 fully saturated rings. The molecule has 0 amide bonds. The number of hydrogen-bond acceptors (Lipinski definition) is 5. The Morgan fingerprint density at radius 2 is 2.14 bits per heavy atom. The van der Waals surface area contributed by atoms with Gasteiger partial charge in [-0.15, -0.1) is 0 Å². The van der Waals surface area contributed by atoms with Crippen molar-refractivity contribution in [3.8, 4) is 0 Å². The van der Waals surface area contributed by atoms with Gasteiger partial charge in [0.15, 0.2) is 0 Å². The van der Waals surface area contributed by atoms with Gasteiger partial charge in [0.25, 0.3) is 0 Å². The van der Waals surface area contributed by atoms with Crippen molar-refractivity contribution in [2.45, 2.75) is 31.3 Å². The van der Waals surface area contributed by atoms with Crippen molar-refractivity contribution >= 4 is 10.0 Å². The Morgan fingerprint density at radius 3 is 2.76 bits per heavy atom. The van der Waals surface area contributed by atoms with Gasteiger partial charge in [0.2, 0.25) is 10.0 Å². The Morgan fingerprint density at radius 1 is 1.38 bits per heavy atom. The summed E-state index contributed by atoms with van der Waals surface area (Å²) in [5, 5.41) is 0. The van der Waals surface area contributed by atoms with Crippen LogP contribution in [0.25, 0.3) is 0 Å². The number of aromatic nitrogens is 2. The molecule has 6 nitrogen and oxygen atoms in total. The number of hydrogen-bond donors (Lipinski definition) is 0. The quantitative estimate of drug-likeness (QED) is 0.827. The summed E-state index contributed by atoms with van der Waals surface area (Å²) in [6, 6.07) is 0. The third-order valence-electron chi connectivity index (χ3n) is 4.50. The van der Waals surface area contributed by atoms with Crippen LogP contribution in [0, 0.1) is 5.92 Å². The fourth-order valence-corrected chi connectivity index (χ4v) is 4.22. The summed E-state index contributed by atoms with van der Waals surface area (Å²) in [5.41, 5.74) is 0.866. The largest absolute Gasteiger partial charge is 0.375 e. The molecule has 2 aliphatic heterocycles. The summed E-state index contributed by atoms with van der Waals surface area (Å²) in [6.07, 6.45) is 9.91. The highest BCUT2D eigenvalue weighted by atomic mass is 32.2. The molecule has 0 aliphatic carbocycles. The molecule has 21 heavy (non-hydrogen) atoms. The number of piperidine rings is 1. The average molecular weight is 311 g/mol. The molecule has 0 N–H and O–H groups in total. The zero-order valence-electron chi connectivity index (χ0n) is 12.2. The predicted molar refractivity (Wildman–Crippen MR) is 78.2 cm³/mol. The van der Waals surface area contributed by atoms with Crippen molar-refractivity contribution in [3.05, 3.63) is 24.3 Å². The Bertz CT molecular complexity index is 583. The monoisotopic (exact) mass is 311 g/mol. The van der Waals surface area contributed by atoms with Crippen LogP contribution in [0.4, 0.5) is 0 Å². The third-order valence-corrected chi connectivity index (χ3v) is 5.81. The lowest BCUT2D eigenvalue weighted by Gasteiger charge is -2.37. The topological polar surface area (TPSA) is 72.4 Å². The van der Waals surface area contributed by atoms with E-state index in [-0.39, 0.29) is 5.60 Å². The molecule has 3 heterocycles. The van der Waals surface area contributed by atoms with Gasteiger partial charge in [-0.2, -0.15) is 0 Å². The minimum absolute atomic E-state index is 0.131. The smallest absolute Gasteiger partial charge is 0.211 e. The maximum atomic E-state index is 11.6. The molecule has 0 unspecified atom stereocenters. The van der Waals surface area contributed by atoms with E-state index in [1.54, 1.807) is 22.9 Å². The van der Waals surface area contributed by atoms with Gasteiger partial charge in [-0.1, -0.05) is 0 Å². The second kappa shape index (κ2) is 5.62. The van der Waals surface area contributed by atoms with E-state index in [4.69, 9.17) is 4.74 Å². The molecule has 0 saturated carbocycles. The van der Waals surface area contributed by atoms with Gasteiger partial charge in [-0.3, -0.25) is 9.97 Å². The minimum atomic E-state index is -3.07. The van der Waals surface area contributed by atoms with E-state index >= 15 is 0 Å². The van der Waals surface area contributed by atoms with Gasteiger partial charge >= 0.3 is 0 Å². The van der Waals surface area contributed by atoms with Crippen molar-refractivity contribution in [2.75, 3.05) is 26.0 Å². The fourth-order valence-electron chi connectivity index (χ4n) is 3.37. The number of ether oxygens (including phenoxy) is 1. The second-order valence-corrected chi connectivity index (χ2v) is 8.11. The summed E-state index contributed by atoms with van der Waals surface area (Å²) in [4.78, 5) is 8.41. The van der Waals surface area contributed by atoms with Crippen LogP contribution in [0.15, 0.2) is 18.6 Å². The molecule has 7 heteroatoms. The highest BCUT2D eigenvalue weighted by Crippen LogP contribution is 2.39. The molecule has 1 atom stereocenters. The number of nitrogens with zero attached hydrogens (tertiary/aromatic N) is 3. The standard InChI is InChI=1S/C14H21N3O3S/c1-21(18,19)17-6-2-14(3-7-17)9-12(11-20-14)8-13-10-15-4-5-16-13/h4-5,10,12H,2-3,6-9,11H2,1H3/t12-/m1/s1. The summed E-state index contributed by atoms with van der Waals surface area (Å²) in [5.74, 6) is 0.450. The maximum absolute atomic E-state index is 11.6. The summed E-state index contributed by atoms with van der Waals surface area (Å²) in [7, 11) is -3.07. The first kappa shape index (κ1) is 14.9. The normalized spacial score (nSPS) is 26.2. The molecule has 1 aromatic heterocycles. The molecule has 3 rings (SSSR count). The van der Waals surface area contributed by atoms with Gasteiger partial charge < -0.3 is 4.74 Å². The molecular formula is C14H21N3O3S. The molecule has 0 radical (unpaired) electrons. The lowest BCUT2D eigenvalue weighted by molar-refractivity contribution is -0.0313. The van der Waals surface area contributed by atoms with E-state index in [0.29, 0.717) is 19.0 Å². The van der Waals surface area contributed by atoms with E-state index in [1.807, 2.05) is 0 Å². The van der Waals surface area contributed by atoms with Crippen molar-refractivity contribution in [2.24, 2.45) is 5.92 Å². The van der Waals surface area contributed by atoms with Crippen LogP contribution >= 0.6 is 0 Å². The van der Waals surface area contributed by atoms with Crippen LogP contribution in [0.3, 0.4) is 0 Å². The second-order valence-electron chi connectivity index (χ2n) is 6.13. The summed E-state index contributed by atoms with van der Waals surface area (Å²) in [6.45, 7) is 1.86. The SMILES string of the molecule is CS(=O)(=O)N1CCC2(CC1)C[C@@H](Cc1cnccn1)CO2. The molecule has 116 valence electrons. The first-order valence-corrected chi connectivity index (χ1v) is 9.16. The van der Waals surface area contributed by atoms with Crippen molar-refractivity contribution < 1.29 is 13.2 Å². The molecular weight excluding hydrogens is 290 g/mol. The van der Waals surface area contributed by atoms with E-state index in [1.165, 1.54) is 6.26 Å². The lowest BCUT2D eigenvalue weighted by Crippen LogP contribution is -2.46. The molecule has 1 spiro atoms. The van der Waals surface area contributed by atoms with Crippen LogP contribution in [0.1, 0.15) is 25.0 Å². The predicted octanol–water partition coefficient (Wildman–Crippen LogP) is 0.850. The lowest BCUT2D eigenvalue weighted by atomic mass is 9.85. The zero-order valence-corrected chi connectivity index (χ0v) is 13.1. The van der Waals surface area contributed by atoms with Crippen LogP contribution in [-0.4, -0.2) is 54.2 Å². The Balaban J connectivity index is 1.58. The number of sulfonamides is 1. The highest BCUT2D eigenvalue weighted by Gasteiger charge is 2.43. The van der Waals surface area contributed by atoms with Gasteiger partial charge in [0.1, 0.15) is 0 Å². The van der Waals surface area contributed by atoms with Crippen molar-refractivity contribution in [3.63, 3.8) is 0 Å². The van der Waals surface area contributed by atoms with E-state index in [9.17, 15) is 8.42 Å². The fraction of sp³-hybridized carbons (Fsp3) is 0.714. The van der Waals surface area contributed by atoms with E-state index in [2.05, 4.69) is 9.97 Å². The van der Waals surface area contributed by atoms with Crippen LogP contribution in [0.5, 0.6) is 0 Å². The van der Waals surface area contributed by atoms with Crippen LogP contribution in [-0.2, 0) is 21.2 Å². The van der Waals surface area contributed by atoms with E-state index < -0.39 is 10.0 Å². The average Bonchev–Trinajstić information content (AvgIpc) is 2.82. The zero-order chi connectivity index (χ0) is 14.9. The molecule has 0 bridgehead atoms. The minimum Gasteiger partial charge on any atom is -0.375 e. The van der Waals surface area contributed by atoms with Gasteiger partial charge in [0, 0.05) is 31.7 Å². The van der Waals surface area contributed by atoms with Gasteiger partial charge in [-0.25, -0.2) is 12.7 Å².